The van der Waals surface area contributed by atoms with Crippen molar-refractivity contribution >= 4 is 80.7 Å². The monoisotopic (exact) mass is 570 g/mol. The number of aromatic nitrogens is 4. The highest BCUT2D eigenvalue weighted by molar-refractivity contribution is 7.80. The van der Waals surface area contributed by atoms with Crippen LogP contribution in [0.25, 0.3) is 34.2 Å². The molecule has 0 unspecified atom stereocenters. The minimum absolute atomic E-state index is 0.225. The molecule has 12 heteroatoms. The molecular formula is C28H26N8O2S2. The average Bonchev–Trinajstić information content (AvgIpc) is 3.64. The quantitative estimate of drug-likeness (QED) is 0.269. The van der Waals surface area contributed by atoms with Gasteiger partial charge in [0.15, 0.2) is 0 Å². The van der Waals surface area contributed by atoms with Crippen LogP contribution in [0.15, 0.2) is 60.4 Å². The summed E-state index contributed by atoms with van der Waals surface area (Å²) in [4.78, 5) is 46.2. The van der Waals surface area contributed by atoms with Gasteiger partial charge in [-0.2, -0.15) is 0 Å². The lowest BCUT2D eigenvalue weighted by molar-refractivity contribution is -0.125. The van der Waals surface area contributed by atoms with Crippen molar-refractivity contribution in [3.8, 4) is 0 Å². The summed E-state index contributed by atoms with van der Waals surface area (Å²) in [5.41, 5.74) is 5.02. The molecule has 0 atom stereocenters. The Morgan fingerprint density at radius 3 is 1.50 bits per heavy atom. The second-order valence-electron chi connectivity index (χ2n) is 10.1. The lowest BCUT2D eigenvalue weighted by atomic mass is 10.2. The van der Waals surface area contributed by atoms with E-state index in [-0.39, 0.29) is 45.5 Å². The molecule has 4 aromatic heterocycles. The molecule has 0 aromatic carbocycles. The Morgan fingerprint density at radius 1 is 0.725 bits per heavy atom. The molecule has 2 saturated heterocycles. The number of nitrogens with zero attached hydrogens (tertiary/aromatic N) is 6. The normalized spacial score (nSPS) is 18.6. The number of aromatic amines is 2. The van der Waals surface area contributed by atoms with E-state index in [4.69, 9.17) is 24.4 Å². The molecule has 2 aliphatic rings. The van der Waals surface area contributed by atoms with Crippen LogP contribution in [0.5, 0.6) is 0 Å². The SMILES string of the molecule is CC(C)N1C(=O)/C(=C/c2c[nH]c3cccnc23)N(N2C(=S)N(C(C)C)C(=O)/C2=C/c2c[nH]c3cccnc23)C1=S. The zero-order valence-electron chi connectivity index (χ0n) is 22.2. The van der Waals surface area contributed by atoms with Crippen LogP contribution in [0.1, 0.15) is 38.8 Å². The second kappa shape index (κ2) is 9.65. The van der Waals surface area contributed by atoms with Crippen molar-refractivity contribution in [3.63, 3.8) is 0 Å². The number of carbonyl (C=O) groups is 2. The molecule has 6 heterocycles. The van der Waals surface area contributed by atoms with Gasteiger partial charge in [0, 0.05) is 48.0 Å². The summed E-state index contributed by atoms with van der Waals surface area (Å²) < 4.78 is 0. The van der Waals surface area contributed by atoms with Crippen molar-refractivity contribution in [2.75, 3.05) is 0 Å². The average molecular weight is 571 g/mol. The maximum absolute atomic E-state index is 13.9. The Hall–Kier alpha value is -4.42. The summed E-state index contributed by atoms with van der Waals surface area (Å²) in [5.74, 6) is -0.590. The zero-order chi connectivity index (χ0) is 28.3. The minimum Gasteiger partial charge on any atom is -0.359 e. The molecule has 0 spiro atoms. The van der Waals surface area contributed by atoms with Crippen LogP contribution in [-0.4, -0.2) is 73.9 Å². The van der Waals surface area contributed by atoms with Gasteiger partial charge in [-0.1, -0.05) is 0 Å². The summed E-state index contributed by atoms with van der Waals surface area (Å²) >= 11 is 11.8. The van der Waals surface area contributed by atoms with Gasteiger partial charge < -0.3 is 9.97 Å². The molecule has 4 aromatic rings. The minimum atomic E-state index is -0.295. The lowest BCUT2D eigenvalue weighted by Gasteiger charge is -2.32. The molecule has 2 amide bonds. The van der Waals surface area contributed by atoms with Crippen LogP contribution in [0.4, 0.5) is 0 Å². The van der Waals surface area contributed by atoms with Crippen molar-refractivity contribution in [2.24, 2.45) is 0 Å². The number of pyridine rings is 2. The Morgan fingerprint density at radius 2 is 1.12 bits per heavy atom. The van der Waals surface area contributed by atoms with Crippen molar-refractivity contribution < 1.29 is 9.59 Å². The summed E-state index contributed by atoms with van der Waals surface area (Å²) in [6.07, 6.45) is 10.4. The Kier molecular flexibility index (Phi) is 6.23. The standard InChI is InChI=1S/C28H26N8O2S2/c1-15(2)33-25(37)21(11-17-13-31-19-7-5-9-29-23(17)19)35(27(33)39)36-22(26(38)34(16(3)4)28(36)40)12-18-14-32-20-8-6-10-30-24(18)20/h5-16,31-32H,1-4H3/b21-11-,22-12-. The van der Waals surface area contributed by atoms with Crippen molar-refractivity contribution in [1.82, 2.24) is 39.8 Å². The fourth-order valence-corrected chi connectivity index (χ4v) is 5.97. The highest BCUT2D eigenvalue weighted by Crippen LogP contribution is 2.36. The van der Waals surface area contributed by atoms with Gasteiger partial charge in [-0.3, -0.25) is 29.4 Å². The van der Waals surface area contributed by atoms with E-state index in [1.54, 1.807) is 47.0 Å². The fourth-order valence-electron chi connectivity index (χ4n) is 5.02. The first-order valence-electron chi connectivity index (χ1n) is 12.8. The van der Waals surface area contributed by atoms with Crippen LogP contribution in [0.3, 0.4) is 0 Å². The molecule has 0 aliphatic carbocycles. The smallest absolute Gasteiger partial charge is 0.279 e. The number of carbonyl (C=O) groups excluding carboxylic acids is 2. The van der Waals surface area contributed by atoms with E-state index >= 15 is 0 Å². The third kappa shape index (κ3) is 3.90. The molecule has 2 aliphatic heterocycles. The van der Waals surface area contributed by atoms with E-state index in [0.29, 0.717) is 22.2 Å². The van der Waals surface area contributed by atoms with Gasteiger partial charge in [0.1, 0.15) is 11.4 Å². The van der Waals surface area contributed by atoms with Gasteiger partial charge >= 0.3 is 0 Å². The Labute approximate surface area is 240 Å². The summed E-state index contributed by atoms with van der Waals surface area (Å²) in [6.45, 7) is 7.56. The second-order valence-corrected chi connectivity index (χ2v) is 10.8. The molecule has 0 radical (unpaired) electrons. The Balaban J connectivity index is 1.55. The van der Waals surface area contributed by atoms with E-state index in [2.05, 4.69) is 19.9 Å². The first-order valence-corrected chi connectivity index (χ1v) is 13.6. The topological polar surface area (TPSA) is 104 Å². The molecule has 0 bridgehead atoms. The number of hydrazine groups is 1. The number of hydrogen-bond acceptors (Lipinski definition) is 6. The van der Waals surface area contributed by atoms with Crippen molar-refractivity contribution in [2.45, 2.75) is 39.8 Å². The number of rotatable bonds is 5. The Bertz CT molecular complexity index is 1650. The first kappa shape index (κ1) is 25.8. The van der Waals surface area contributed by atoms with Crippen LogP contribution in [0, 0.1) is 0 Å². The van der Waals surface area contributed by atoms with Gasteiger partial charge in [-0.15, -0.1) is 0 Å². The van der Waals surface area contributed by atoms with E-state index in [0.717, 1.165) is 11.0 Å². The van der Waals surface area contributed by atoms with Gasteiger partial charge in [0.2, 0.25) is 10.2 Å². The number of amides is 2. The van der Waals surface area contributed by atoms with E-state index in [1.165, 1.54) is 9.80 Å². The van der Waals surface area contributed by atoms with E-state index in [1.807, 2.05) is 52.0 Å². The number of thiocarbonyl (C=S) groups is 2. The predicted octanol–water partition coefficient (Wildman–Crippen LogP) is 4.41. The predicted molar refractivity (Wildman–Crippen MR) is 161 cm³/mol. The maximum Gasteiger partial charge on any atom is 0.279 e. The highest BCUT2D eigenvalue weighted by Gasteiger charge is 2.50. The molecule has 0 saturated carbocycles. The van der Waals surface area contributed by atoms with Gasteiger partial charge in [-0.25, -0.2) is 10.0 Å². The zero-order valence-corrected chi connectivity index (χ0v) is 23.9. The largest absolute Gasteiger partial charge is 0.359 e. The number of H-pyrrole nitrogens is 2. The number of hydrogen-bond donors (Lipinski definition) is 2. The summed E-state index contributed by atoms with van der Waals surface area (Å²) in [5, 5.41) is 3.58. The van der Waals surface area contributed by atoms with Crippen LogP contribution < -0.4 is 0 Å². The van der Waals surface area contributed by atoms with Gasteiger partial charge in [0.05, 0.1) is 22.1 Å². The highest BCUT2D eigenvalue weighted by atomic mass is 32.1. The third-order valence-electron chi connectivity index (χ3n) is 6.85. The van der Waals surface area contributed by atoms with Gasteiger partial charge in [-0.05, 0) is 88.5 Å². The fraction of sp³-hybridized carbons (Fsp3) is 0.214. The number of fused-ring (bicyclic) bond motifs is 2. The summed E-state index contributed by atoms with van der Waals surface area (Å²) in [6, 6.07) is 7.04. The van der Waals surface area contributed by atoms with Crippen molar-refractivity contribution in [3.05, 3.63) is 71.6 Å². The van der Waals surface area contributed by atoms with Crippen LogP contribution in [-0.2, 0) is 9.59 Å². The van der Waals surface area contributed by atoms with Gasteiger partial charge in [0.25, 0.3) is 11.8 Å². The molecule has 10 nitrogen and oxygen atoms in total. The molecular weight excluding hydrogens is 544 g/mol. The first-order chi connectivity index (χ1) is 19.2. The number of nitrogens with one attached hydrogen (secondary N) is 2. The lowest BCUT2D eigenvalue weighted by Crippen LogP contribution is -2.47. The third-order valence-corrected chi connectivity index (χ3v) is 7.59. The van der Waals surface area contributed by atoms with E-state index < -0.39 is 0 Å². The maximum atomic E-state index is 13.9. The summed E-state index contributed by atoms with van der Waals surface area (Å²) in [7, 11) is 0. The molecule has 202 valence electrons. The van der Waals surface area contributed by atoms with Crippen molar-refractivity contribution in [1.29, 1.82) is 0 Å². The van der Waals surface area contributed by atoms with Crippen LogP contribution in [0.2, 0.25) is 0 Å². The van der Waals surface area contributed by atoms with E-state index in [9.17, 15) is 9.59 Å². The molecule has 40 heavy (non-hydrogen) atoms. The molecule has 6 rings (SSSR count). The molecule has 2 fully saturated rings. The van der Waals surface area contributed by atoms with Crippen LogP contribution >= 0.6 is 24.4 Å². The molecule has 2 N–H and O–H groups in total.